The second-order valence-electron chi connectivity index (χ2n) is 8.94. The quantitative estimate of drug-likeness (QED) is 0.760. The summed E-state index contributed by atoms with van der Waals surface area (Å²) in [5, 5.41) is 3.66. The number of rotatable bonds is 4. The van der Waals surface area contributed by atoms with E-state index in [4.69, 9.17) is 9.15 Å². The second-order valence-corrected chi connectivity index (χ2v) is 8.94. The zero-order chi connectivity index (χ0) is 22.2. The molecule has 2 heterocycles. The topological polar surface area (TPSA) is 88.9 Å². The summed E-state index contributed by atoms with van der Waals surface area (Å²) in [5.41, 5.74) is 1.67. The molecule has 4 rings (SSSR count). The van der Waals surface area contributed by atoms with Gasteiger partial charge in [-0.25, -0.2) is 4.79 Å². The first-order valence-electron chi connectivity index (χ1n) is 11.1. The Bertz CT molecular complexity index is 1070. The number of piperidine rings is 1. The molecule has 7 nitrogen and oxygen atoms in total. The number of nitrogens with one attached hydrogen (secondary N) is 1. The Morgan fingerprint density at radius 3 is 2.52 bits per heavy atom. The highest BCUT2D eigenvalue weighted by Crippen LogP contribution is 2.32. The number of hydrogen-bond acceptors (Lipinski definition) is 5. The SMILES string of the molecule is CNC(=O)C1(C)CCN(C(=O)C(C)Oc2ccc3c4c(c(=O)oc3c2)CCCC4)CC1. The molecule has 1 N–H and O–H groups in total. The minimum Gasteiger partial charge on any atom is -0.481 e. The average Bonchev–Trinajstić information content (AvgIpc) is 2.78. The third kappa shape index (κ3) is 4.05. The fourth-order valence-corrected chi connectivity index (χ4v) is 4.76. The predicted octanol–water partition coefficient (Wildman–Crippen LogP) is 2.81. The van der Waals surface area contributed by atoms with Crippen LogP contribution in [-0.4, -0.2) is 43.0 Å². The van der Waals surface area contributed by atoms with E-state index in [2.05, 4.69) is 5.32 Å². The Labute approximate surface area is 181 Å². The minimum atomic E-state index is -0.675. The Balaban J connectivity index is 1.46. The van der Waals surface area contributed by atoms with Gasteiger partial charge in [-0.15, -0.1) is 0 Å². The lowest BCUT2D eigenvalue weighted by Gasteiger charge is -2.38. The molecule has 0 bridgehead atoms. The van der Waals surface area contributed by atoms with Crippen LogP contribution < -0.4 is 15.7 Å². The fourth-order valence-electron chi connectivity index (χ4n) is 4.76. The molecule has 1 saturated heterocycles. The van der Waals surface area contributed by atoms with Crippen molar-refractivity contribution in [2.75, 3.05) is 20.1 Å². The standard InChI is InChI=1S/C24H30N2O5/c1-15(21(27)26-12-10-24(2,11-13-26)23(29)25-3)30-16-8-9-18-17-6-4-5-7-19(17)22(28)31-20(18)14-16/h8-9,14-15H,4-7,10-13H2,1-3H3,(H,25,29). The second kappa shape index (κ2) is 8.36. The first-order chi connectivity index (χ1) is 14.8. The molecule has 1 aliphatic carbocycles. The third-order valence-electron chi connectivity index (χ3n) is 6.81. The molecule has 1 aliphatic heterocycles. The number of ether oxygens (including phenoxy) is 1. The molecule has 31 heavy (non-hydrogen) atoms. The van der Waals surface area contributed by atoms with Crippen LogP contribution in [0.4, 0.5) is 0 Å². The van der Waals surface area contributed by atoms with Crippen molar-refractivity contribution in [1.29, 1.82) is 0 Å². The summed E-state index contributed by atoms with van der Waals surface area (Å²) >= 11 is 0. The summed E-state index contributed by atoms with van der Waals surface area (Å²) in [7, 11) is 1.64. The first-order valence-corrected chi connectivity index (χ1v) is 11.1. The highest BCUT2D eigenvalue weighted by atomic mass is 16.5. The maximum Gasteiger partial charge on any atom is 0.339 e. The van der Waals surface area contributed by atoms with Crippen molar-refractivity contribution in [3.8, 4) is 5.75 Å². The van der Waals surface area contributed by atoms with Crippen LogP contribution in [0.15, 0.2) is 27.4 Å². The molecule has 0 saturated carbocycles. The van der Waals surface area contributed by atoms with Crippen molar-refractivity contribution in [1.82, 2.24) is 10.2 Å². The van der Waals surface area contributed by atoms with Crippen molar-refractivity contribution in [2.24, 2.45) is 5.41 Å². The summed E-state index contributed by atoms with van der Waals surface area (Å²) in [5.74, 6) is 0.411. The van der Waals surface area contributed by atoms with Gasteiger partial charge in [0.05, 0.1) is 0 Å². The maximum absolute atomic E-state index is 12.9. The Hall–Kier alpha value is -2.83. The van der Waals surface area contributed by atoms with Gasteiger partial charge in [0.15, 0.2) is 6.10 Å². The summed E-state index contributed by atoms with van der Waals surface area (Å²) < 4.78 is 11.5. The molecule has 0 spiro atoms. The highest BCUT2D eigenvalue weighted by molar-refractivity contribution is 5.85. The zero-order valence-electron chi connectivity index (χ0n) is 18.5. The zero-order valence-corrected chi connectivity index (χ0v) is 18.5. The van der Waals surface area contributed by atoms with Crippen LogP contribution in [0.1, 0.15) is 50.7 Å². The fraction of sp³-hybridized carbons (Fsp3) is 0.542. The van der Waals surface area contributed by atoms with Crippen molar-refractivity contribution >= 4 is 22.8 Å². The van der Waals surface area contributed by atoms with Crippen molar-refractivity contribution < 1.29 is 18.7 Å². The molecule has 7 heteroatoms. The van der Waals surface area contributed by atoms with Crippen LogP contribution in [0.5, 0.6) is 5.75 Å². The molecule has 2 aromatic rings. The average molecular weight is 427 g/mol. The molecular formula is C24H30N2O5. The van der Waals surface area contributed by atoms with Crippen LogP contribution >= 0.6 is 0 Å². The van der Waals surface area contributed by atoms with E-state index >= 15 is 0 Å². The minimum absolute atomic E-state index is 0.0174. The number of carbonyl (C=O) groups excluding carboxylic acids is 2. The van der Waals surface area contributed by atoms with E-state index in [0.29, 0.717) is 37.3 Å². The van der Waals surface area contributed by atoms with Gasteiger partial charge in [0.2, 0.25) is 5.91 Å². The lowest BCUT2D eigenvalue weighted by atomic mass is 9.79. The van der Waals surface area contributed by atoms with Gasteiger partial charge >= 0.3 is 5.63 Å². The van der Waals surface area contributed by atoms with E-state index in [0.717, 1.165) is 42.2 Å². The van der Waals surface area contributed by atoms with Crippen LogP contribution in [0.25, 0.3) is 11.0 Å². The number of nitrogens with zero attached hydrogens (tertiary/aromatic N) is 1. The number of aryl methyl sites for hydroxylation is 1. The Morgan fingerprint density at radius 1 is 1.16 bits per heavy atom. The number of carbonyl (C=O) groups is 2. The van der Waals surface area contributed by atoms with Crippen LogP contribution in [0.2, 0.25) is 0 Å². The first kappa shape index (κ1) is 21.4. The monoisotopic (exact) mass is 426 g/mol. The van der Waals surface area contributed by atoms with Gasteiger partial charge in [0.25, 0.3) is 5.91 Å². The van der Waals surface area contributed by atoms with E-state index in [1.54, 1.807) is 24.9 Å². The third-order valence-corrected chi connectivity index (χ3v) is 6.81. The van der Waals surface area contributed by atoms with Crippen LogP contribution in [0, 0.1) is 5.41 Å². The number of amides is 2. The number of fused-ring (bicyclic) bond motifs is 3. The van der Waals surface area contributed by atoms with Gasteiger partial charge in [-0.2, -0.15) is 0 Å². The van der Waals surface area contributed by atoms with E-state index in [9.17, 15) is 14.4 Å². The molecule has 1 fully saturated rings. The molecule has 1 atom stereocenters. The van der Waals surface area contributed by atoms with Crippen LogP contribution in [-0.2, 0) is 22.4 Å². The van der Waals surface area contributed by atoms with Gasteiger partial charge < -0.3 is 19.4 Å². The summed E-state index contributed by atoms with van der Waals surface area (Å²) in [6.45, 7) is 4.71. The van der Waals surface area contributed by atoms with Gasteiger partial charge in [0.1, 0.15) is 11.3 Å². The Morgan fingerprint density at radius 2 is 1.84 bits per heavy atom. The van der Waals surface area contributed by atoms with Crippen LogP contribution in [0.3, 0.4) is 0 Å². The van der Waals surface area contributed by atoms with Gasteiger partial charge in [-0.3, -0.25) is 9.59 Å². The Kier molecular flexibility index (Phi) is 5.77. The smallest absolute Gasteiger partial charge is 0.339 e. The molecule has 1 aromatic carbocycles. The highest BCUT2D eigenvalue weighted by Gasteiger charge is 2.38. The van der Waals surface area contributed by atoms with Crippen molar-refractivity contribution in [3.05, 3.63) is 39.7 Å². The molecule has 2 amide bonds. The van der Waals surface area contributed by atoms with Crippen molar-refractivity contribution in [3.63, 3.8) is 0 Å². The van der Waals surface area contributed by atoms with E-state index < -0.39 is 11.5 Å². The van der Waals surface area contributed by atoms with Crippen molar-refractivity contribution in [2.45, 2.75) is 58.5 Å². The molecule has 1 unspecified atom stereocenters. The molecule has 2 aliphatic rings. The van der Waals surface area contributed by atoms with Gasteiger partial charge in [-0.1, -0.05) is 6.92 Å². The molecular weight excluding hydrogens is 396 g/mol. The molecule has 0 radical (unpaired) electrons. The lowest BCUT2D eigenvalue weighted by molar-refractivity contribution is -0.143. The van der Waals surface area contributed by atoms with Gasteiger partial charge in [-0.05, 0) is 63.1 Å². The van der Waals surface area contributed by atoms with E-state index in [1.807, 2.05) is 19.1 Å². The normalized spacial score (nSPS) is 18.9. The number of likely N-dealkylation sites (tertiary alicyclic amines) is 1. The summed E-state index contributed by atoms with van der Waals surface area (Å²) in [6, 6.07) is 5.46. The lowest BCUT2D eigenvalue weighted by Crippen LogP contribution is -2.50. The number of benzene rings is 1. The summed E-state index contributed by atoms with van der Waals surface area (Å²) in [4.78, 5) is 39.1. The van der Waals surface area contributed by atoms with Gasteiger partial charge in [0, 0.05) is 42.6 Å². The van der Waals surface area contributed by atoms with E-state index in [-0.39, 0.29) is 17.4 Å². The number of hydrogen-bond donors (Lipinski definition) is 1. The van der Waals surface area contributed by atoms with E-state index in [1.165, 1.54) is 0 Å². The molecule has 1 aromatic heterocycles. The largest absolute Gasteiger partial charge is 0.481 e. The molecule has 166 valence electrons. The predicted molar refractivity (Wildman–Crippen MR) is 117 cm³/mol. The maximum atomic E-state index is 12.9. The summed E-state index contributed by atoms with van der Waals surface area (Å²) in [6.07, 6.45) is 4.32.